The summed E-state index contributed by atoms with van der Waals surface area (Å²) in [6.45, 7) is 1.49. The lowest BCUT2D eigenvalue weighted by atomic mass is 10.1. The number of nitrogens with zero attached hydrogens (tertiary/aromatic N) is 1. The SMILES string of the molecule is C[C@@H](O)[C@H](N)C(=O)N[C@H](C(=O)N[C@@H](CCC(N)=O)C(=O)NCC(=O)N[C@@H](CC(N)=O)C(=O)N1CCC[C@H]1C(=O)N[C@@H](CCC(N)=O)C(=O)O)[C@@H](C)O. The molecule has 292 valence electrons. The van der Waals surface area contributed by atoms with Crippen LogP contribution in [0.25, 0.3) is 0 Å². The molecule has 0 spiro atoms. The number of likely N-dealkylation sites (tertiary alicyclic amines) is 1. The van der Waals surface area contributed by atoms with Gasteiger partial charge in [0.2, 0.25) is 53.2 Å². The maximum atomic E-state index is 13.5. The second-order valence-electron chi connectivity index (χ2n) is 12.2. The van der Waals surface area contributed by atoms with Crippen molar-refractivity contribution in [3.63, 3.8) is 0 Å². The van der Waals surface area contributed by atoms with E-state index in [0.29, 0.717) is 6.42 Å². The minimum Gasteiger partial charge on any atom is -0.480 e. The molecule has 9 amide bonds. The highest BCUT2D eigenvalue weighted by molar-refractivity contribution is 5.98. The van der Waals surface area contributed by atoms with Gasteiger partial charge in [-0.25, -0.2) is 4.79 Å². The van der Waals surface area contributed by atoms with Crippen molar-refractivity contribution in [2.24, 2.45) is 22.9 Å². The molecule has 1 fully saturated rings. The average Bonchev–Trinajstić information content (AvgIpc) is 3.54. The van der Waals surface area contributed by atoms with Gasteiger partial charge in [-0.1, -0.05) is 0 Å². The molecule has 8 atom stereocenters. The maximum absolute atomic E-state index is 13.5. The minimum absolute atomic E-state index is 0.0160. The van der Waals surface area contributed by atoms with Gasteiger partial charge >= 0.3 is 5.97 Å². The predicted molar refractivity (Wildman–Crippen MR) is 175 cm³/mol. The molecule has 0 bridgehead atoms. The Morgan fingerprint density at radius 3 is 1.81 bits per heavy atom. The third-order valence-electron chi connectivity index (χ3n) is 7.79. The van der Waals surface area contributed by atoms with Crippen molar-refractivity contribution in [2.75, 3.05) is 13.1 Å². The van der Waals surface area contributed by atoms with Crippen LogP contribution in [0.5, 0.6) is 0 Å². The van der Waals surface area contributed by atoms with Crippen molar-refractivity contribution in [2.45, 2.75) is 107 Å². The lowest BCUT2D eigenvalue weighted by molar-refractivity contribution is -0.145. The number of nitrogens with one attached hydrogen (secondary N) is 5. The average molecular weight is 745 g/mol. The van der Waals surface area contributed by atoms with E-state index in [9.17, 15) is 63.3 Å². The lowest BCUT2D eigenvalue weighted by Crippen LogP contribution is -2.60. The number of carbonyl (C=O) groups excluding carboxylic acids is 9. The van der Waals surface area contributed by atoms with E-state index in [-0.39, 0.29) is 25.8 Å². The highest BCUT2D eigenvalue weighted by Gasteiger charge is 2.39. The summed E-state index contributed by atoms with van der Waals surface area (Å²) in [6, 6.07) is -9.03. The molecular formula is C29H48N10O13. The van der Waals surface area contributed by atoms with Crippen LogP contribution in [0.1, 0.15) is 58.8 Å². The van der Waals surface area contributed by atoms with Gasteiger partial charge in [0.15, 0.2) is 0 Å². The first kappa shape index (κ1) is 44.6. The van der Waals surface area contributed by atoms with Gasteiger partial charge in [-0.2, -0.15) is 0 Å². The Labute approximate surface area is 297 Å². The standard InChI is InChI=1S/C29H48N10O13/c1-12(40)22(33)26(48)38-23(13(2)41)27(49)36-14(5-7-18(30)42)24(46)34-11-21(45)35-16(10-20(32)44)28(50)39-9-3-4-17(39)25(47)37-15(29(51)52)6-8-19(31)43/h12-17,22-23,40-41H,3-11,33H2,1-2H3,(H2,30,42)(H2,31,43)(H2,32,44)(H,34,46)(H,35,45)(H,36,49)(H,37,47)(H,38,48)(H,51,52)/t12-,13-,14+,15+,16+,17+,22+,23+/m1/s1. The van der Waals surface area contributed by atoms with Crippen molar-refractivity contribution < 1.29 is 63.3 Å². The lowest BCUT2D eigenvalue weighted by Gasteiger charge is -2.29. The first-order valence-electron chi connectivity index (χ1n) is 16.1. The molecule has 0 aromatic rings. The molecule has 23 heteroatoms. The summed E-state index contributed by atoms with van der Waals surface area (Å²) in [6.07, 6.45) is -4.67. The Hall–Kier alpha value is -5.42. The number of amides is 9. The number of hydrogen-bond donors (Lipinski definition) is 12. The molecular weight excluding hydrogens is 696 g/mol. The summed E-state index contributed by atoms with van der Waals surface area (Å²) >= 11 is 0. The van der Waals surface area contributed by atoms with Crippen molar-refractivity contribution >= 4 is 59.1 Å². The Kier molecular flexibility index (Phi) is 18.1. The Morgan fingerprint density at radius 1 is 0.731 bits per heavy atom. The third kappa shape index (κ3) is 14.8. The molecule has 0 aromatic heterocycles. The highest BCUT2D eigenvalue weighted by atomic mass is 16.4. The fourth-order valence-corrected chi connectivity index (χ4v) is 4.94. The smallest absolute Gasteiger partial charge is 0.326 e. The molecule has 16 N–H and O–H groups in total. The van der Waals surface area contributed by atoms with Gasteiger partial charge in [0, 0.05) is 19.4 Å². The molecule has 1 aliphatic rings. The second-order valence-corrected chi connectivity index (χ2v) is 12.2. The van der Waals surface area contributed by atoms with Crippen LogP contribution in [0.15, 0.2) is 0 Å². The molecule has 0 aromatic carbocycles. The first-order valence-corrected chi connectivity index (χ1v) is 16.1. The van der Waals surface area contributed by atoms with E-state index in [1.807, 2.05) is 0 Å². The number of aliphatic hydroxyl groups is 2. The van der Waals surface area contributed by atoms with Gasteiger partial charge in [-0.3, -0.25) is 43.2 Å². The number of nitrogens with two attached hydrogens (primary N) is 4. The minimum atomic E-state index is -1.67. The second kappa shape index (κ2) is 21.1. The summed E-state index contributed by atoms with van der Waals surface area (Å²) in [5.74, 6) is -10.1. The largest absolute Gasteiger partial charge is 0.480 e. The molecule has 0 aliphatic carbocycles. The van der Waals surface area contributed by atoms with Crippen molar-refractivity contribution in [1.29, 1.82) is 0 Å². The molecule has 1 aliphatic heterocycles. The number of carboxylic acid groups (broad SMARTS) is 1. The van der Waals surface area contributed by atoms with E-state index in [1.165, 1.54) is 6.92 Å². The van der Waals surface area contributed by atoms with Gasteiger partial charge in [0.1, 0.15) is 36.3 Å². The maximum Gasteiger partial charge on any atom is 0.326 e. The van der Waals surface area contributed by atoms with Crippen LogP contribution in [0.2, 0.25) is 0 Å². The number of rotatable bonds is 22. The van der Waals surface area contributed by atoms with Crippen molar-refractivity contribution in [3.05, 3.63) is 0 Å². The van der Waals surface area contributed by atoms with E-state index >= 15 is 0 Å². The van der Waals surface area contributed by atoms with E-state index in [0.717, 1.165) is 11.8 Å². The predicted octanol–water partition coefficient (Wildman–Crippen LogP) is -7.39. The van der Waals surface area contributed by atoms with E-state index in [2.05, 4.69) is 26.6 Å². The summed E-state index contributed by atoms with van der Waals surface area (Å²) in [7, 11) is 0. The molecule has 0 unspecified atom stereocenters. The Balaban J connectivity index is 3.04. The monoisotopic (exact) mass is 744 g/mol. The van der Waals surface area contributed by atoms with Crippen LogP contribution in [0.3, 0.4) is 0 Å². The summed E-state index contributed by atoms with van der Waals surface area (Å²) in [4.78, 5) is 124. The number of primary amides is 3. The Morgan fingerprint density at radius 2 is 1.31 bits per heavy atom. The molecule has 1 saturated heterocycles. The van der Waals surface area contributed by atoms with Crippen LogP contribution in [-0.2, 0) is 47.9 Å². The molecule has 0 radical (unpaired) electrons. The first-order chi connectivity index (χ1) is 24.2. The van der Waals surface area contributed by atoms with Gasteiger partial charge in [0.25, 0.3) is 0 Å². The van der Waals surface area contributed by atoms with Crippen LogP contribution < -0.4 is 49.5 Å². The van der Waals surface area contributed by atoms with Gasteiger partial charge in [0.05, 0.1) is 25.2 Å². The summed E-state index contributed by atoms with van der Waals surface area (Å²) in [5, 5.41) is 40.1. The topological polar surface area (TPSA) is 399 Å². The fraction of sp³-hybridized carbons (Fsp3) is 0.655. The van der Waals surface area contributed by atoms with Crippen LogP contribution in [0.4, 0.5) is 0 Å². The highest BCUT2D eigenvalue weighted by Crippen LogP contribution is 2.20. The van der Waals surface area contributed by atoms with E-state index < -0.39 is 133 Å². The third-order valence-corrected chi connectivity index (χ3v) is 7.79. The van der Waals surface area contributed by atoms with Crippen LogP contribution >= 0.6 is 0 Å². The van der Waals surface area contributed by atoms with Gasteiger partial charge in [-0.15, -0.1) is 0 Å². The van der Waals surface area contributed by atoms with Gasteiger partial charge in [-0.05, 0) is 39.5 Å². The molecule has 1 rings (SSSR count). The van der Waals surface area contributed by atoms with Crippen molar-refractivity contribution in [3.8, 4) is 0 Å². The zero-order valence-electron chi connectivity index (χ0n) is 28.7. The van der Waals surface area contributed by atoms with Gasteiger partial charge < -0.3 is 69.7 Å². The fourth-order valence-electron chi connectivity index (χ4n) is 4.94. The Bertz CT molecular complexity index is 1380. The van der Waals surface area contributed by atoms with Crippen LogP contribution in [-0.4, -0.2) is 141 Å². The number of carboxylic acids is 1. The van der Waals surface area contributed by atoms with Crippen LogP contribution in [0, 0.1) is 0 Å². The normalized spacial score (nSPS) is 17.9. The van der Waals surface area contributed by atoms with E-state index in [4.69, 9.17) is 22.9 Å². The summed E-state index contributed by atoms with van der Waals surface area (Å²) < 4.78 is 0. The number of hydrogen-bond acceptors (Lipinski definition) is 13. The number of aliphatic carboxylic acids is 1. The van der Waals surface area contributed by atoms with E-state index in [1.54, 1.807) is 0 Å². The molecule has 23 nitrogen and oxygen atoms in total. The molecule has 1 heterocycles. The molecule has 0 saturated carbocycles. The zero-order chi connectivity index (χ0) is 39.9. The summed E-state index contributed by atoms with van der Waals surface area (Å²) in [5.41, 5.74) is 21.1. The van der Waals surface area contributed by atoms with Crippen molar-refractivity contribution in [1.82, 2.24) is 31.5 Å². The quantitative estimate of drug-likeness (QED) is 0.0490. The number of carbonyl (C=O) groups is 10. The molecule has 52 heavy (non-hydrogen) atoms. The zero-order valence-corrected chi connectivity index (χ0v) is 28.7. The number of aliphatic hydroxyl groups excluding tert-OH is 2.